The Bertz CT molecular complexity index is 197. The Labute approximate surface area is 84.9 Å². The normalized spacial score (nSPS) is 28.8. The highest BCUT2D eigenvalue weighted by molar-refractivity contribution is 5.79. The van der Waals surface area contributed by atoms with Gasteiger partial charge in [0.2, 0.25) is 5.91 Å². The van der Waals surface area contributed by atoms with Crippen LogP contribution < -0.4 is 11.1 Å². The quantitative estimate of drug-likeness (QED) is 0.591. The molecule has 1 fully saturated rings. The highest BCUT2D eigenvalue weighted by Crippen LogP contribution is 2.30. The molecule has 82 valence electrons. The molecule has 4 heteroatoms. The molecule has 0 heterocycles. The summed E-state index contributed by atoms with van der Waals surface area (Å²) in [5, 5.41) is 11.6. The summed E-state index contributed by atoms with van der Waals surface area (Å²) in [4.78, 5) is 11.7. The molecule has 14 heavy (non-hydrogen) atoms. The summed E-state index contributed by atoms with van der Waals surface area (Å²) in [6.07, 6.45) is 3.08. The van der Waals surface area contributed by atoms with Gasteiger partial charge in [-0.15, -0.1) is 0 Å². The Morgan fingerprint density at radius 2 is 2.36 bits per heavy atom. The van der Waals surface area contributed by atoms with Crippen LogP contribution in [0.25, 0.3) is 0 Å². The van der Waals surface area contributed by atoms with Crippen molar-refractivity contribution in [3.8, 4) is 0 Å². The van der Waals surface area contributed by atoms with Crippen molar-refractivity contribution in [1.29, 1.82) is 0 Å². The highest BCUT2D eigenvalue weighted by atomic mass is 16.3. The van der Waals surface area contributed by atoms with Gasteiger partial charge in [-0.25, -0.2) is 0 Å². The fraction of sp³-hybridized carbons (Fsp3) is 0.900. The number of aliphatic hydroxyl groups excluding tert-OH is 1. The lowest BCUT2D eigenvalue weighted by Gasteiger charge is -2.19. The zero-order chi connectivity index (χ0) is 10.6. The highest BCUT2D eigenvalue weighted by Gasteiger charge is 2.32. The van der Waals surface area contributed by atoms with Crippen LogP contribution in [0, 0.1) is 11.8 Å². The van der Waals surface area contributed by atoms with Crippen LogP contribution in [0.2, 0.25) is 0 Å². The van der Waals surface area contributed by atoms with Crippen molar-refractivity contribution in [3.63, 3.8) is 0 Å². The van der Waals surface area contributed by atoms with E-state index in [9.17, 15) is 4.79 Å². The Balaban J connectivity index is 2.43. The van der Waals surface area contributed by atoms with Crippen LogP contribution in [-0.2, 0) is 4.79 Å². The first-order chi connectivity index (χ1) is 6.69. The van der Waals surface area contributed by atoms with Crippen LogP contribution in [0.5, 0.6) is 0 Å². The van der Waals surface area contributed by atoms with E-state index in [1.54, 1.807) is 6.92 Å². The zero-order valence-electron chi connectivity index (χ0n) is 8.70. The number of rotatable bonds is 4. The summed E-state index contributed by atoms with van der Waals surface area (Å²) in [5.74, 6) is 0.453. The van der Waals surface area contributed by atoms with Gasteiger partial charge in [-0.1, -0.05) is 6.42 Å². The SMILES string of the molecule is C[C@@H](CO)NC(=O)C1CCCC1CN. The topological polar surface area (TPSA) is 75.3 Å². The maximum absolute atomic E-state index is 11.7. The van der Waals surface area contributed by atoms with E-state index >= 15 is 0 Å². The molecule has 1 saturated carbocycles. The zero-order valence-corrected chi connectivity index (χ0v) is 8.70. The van der Waals surface area contributed by atoms with Gasteiger partial charge in [0.15, 0.2) is 0 Å². The molecule has 1 rings (SSSR count). The van der Waals surface area contributed by atoms with E-state index in [0.29, 0.717) is 12.5 Å². The lowest BCUT2D eigenvalue weighted by Crippen LogP contribution is -2.41. The third-order valence-corrected chi connectivity index (χ3v) is 2.96. The molecule has 0 spiro atoms. The predicted molar refractivity (Wildman–Crippen MR) is 54.6 cm³/mol. The van der Waals surface area contributed by atoms with Crippen molar-refractivity contribution in [3.05, 3.63) is 0 Å². The molecular weight excluding hydrogens is 180 g/mol. The van der Waals surface area contributed by atoms with Gasteiger partial charge < -0.3 is 16.2 Å². The van der Waals surface area contributed by atoms with Gasteiger partial charge in [0.25, 0.3) is 0 Å². The van der Waals surface area contributed by atoms with Crippen molar-refractivity contribution in [2.24, 2.45) is 17.6 Å². The summed E-state index contributed by atoms with van der Waals surface area (Å²) in [5.41, 5.74) is 5.60. The predicted octanol–water partition coefficient (Wildman–Crippen LogP) is -0.142. The Morgan fingerprint density at radius 1 is 1.64 bits per heavy atom. The Hall–Kier alpha value is -0.610. The standard InChI is InChI=1S/C10H20N2O2/c1-7(6-13)12-10(14)9-4-2-3-8(9)5-11/h7-9,13H,2-6,11H2,1H3,(H,12,14)/t7-,8?,9?/m0/s1. The van der Waals surface area contributed by atoms with E-state index in [2.05, 4.69) is 5.32 Å². The third-order valence-electron chi connectivity index (χ3n) is 2.96. The number of carbonyl (C=O) groups is 1. The van der Waals surface area contributed by atoms with Crippen molar-refractivity contribution < 1.29 is 9.90 Å². The summed E-state index contributed by atoms with van der Waals surface area (Å²) < 4.78 is 0. The van der Waals surface area contributed by atoms with Gasteiger partial charge in [0.1, 0.15) is 0 Å². The molecule has 0 radical (unpaired) electrons. The molecular formula is C10H20N2O2. The number of nitrogens with one attached hydrogen (secondary N) is 1. The molecule has 0 aromatic heterocycles. The fourth-order valence-electron chi connectivity index (χ4n) is 2.06. The minimum absolute atomic E-state index is 0.00818. The van der Waals surface area contributed by atoms with E-state index in [1.807, 2.05) is 0 Å². The van der Waals surface area contributed by atoms with E-state index < -0.39 is 0 Å². The second kappa shape index (κ2) is 5.32. The van der Waals surface area contributed by atoms with Gasteiger partial charge in [0, 0.05) is 12.0 Å². The molecule has 2 unspecified atom stereocenters. The average Bonchev–Trinajstić information content (AvgIpc) is 2.65. The molecule has 1 amide bonds. The molecule has 0 aliphatic heterocycles. The molecule has 0 saturated heterocycles. The van der Waals surface area contributed by atoms with Gasteiger partial charge in [-0.3, -0.25) is 4.79 Å². The molecule has 3 atom stereocenters. The van der Waals surface area contributed by atoms with Crippen LogP contribution in [0.1, 0.15) is 26.2 Å². The second-order valence-electron chi connectivity index (χ2n) is 4.13. The molecule has 0 aromatic rings. The van der Waals surface area contributed by atoms with E-state index in [-0.39, 0.29) is 24.5 Å². The van der Waals surface area contributed by atoms with Gasteiger partial charge in [-0.2, -0.15) is 0 Å². The first kappa shape index (κ1) is 11.5. The first-order valence-electron chi connectivity index (χ1n) is 5.30. The third kappa shape index (κ3) is 2.69. The molecule has 0 bridgehead atoms. The monoisotopic (exact) mass is 200 g/mol. The van der Waals surface area contributed by atoms with Crippen LogP contribution in [0.3, 0.4) is 0 Å². The molecule has 1 aliphatic rings. The number of nitrogens with two attached hydrogens (primary N) is 1. The smallest absolute Gasteiger partial charge is 0.223 e. The lowest BCUT2D eigenvalue weighted by atomic mass is 9.95. The van der Waals surface area contributed by atoms with Crippen LogP contribution in [0.15, 0.2) is 0 Å². The fourth-order valence-corrected chi connectivity index (χ4v) is 2.06. The molecule has 4 N–H and O–H groups in total. The van der Waals surface area contributed by atoms with Gasteiger partial charge in [-0.05, 0) is 32.2 Å². The van der Waals surface area contributed by atoms with Crippen LogP contribution >= 0.6 is 0 Å². The Morgan fingerprint density at radius 3 is 2.93 bits per heavy atom. The Kier molecular flexibility index (Phi) is 4.35. The van der Waals surface area contributed by atoms with Crippen molar-refractivity contribution >= 4 is 5.91 Å². The van der Waals surface area contributed by atoms with Crippen molar-refractivity contribution in [2.45, 2.75) is 32.2 Å². The van der Waals surface area contributed by atoms with Crippen LogP contribution in [0.4, 0.5) is 0 Å². The summed E-state index contributed by atoms with van der Waals surface area (Å²) in [6, 6.07) is -0.151. The number of hydrogen-bond donors (Lipinski definition) is 3. The van der Waals surface area contributed by atoms with Gasteiger partial charge >= 0.3 is 0 Å². The number of hydrogen-bond acceptors (Lipinski definition) is 3. The second-order valence-corrected chi connectivity index (χ2v) is 4.13. The largest absolute Gasteiger partial charge is 0.394 e. The molecule has 1 aliphatic carbocycles. The summed E-state index contributed by atoms with van der Waals surface area (Å²) in [7, 11) is 0. The van der Waals surface area contributed by atoms with E-state index in [4.69, 9.17) is 10.8 Å². The minimum Gasteiger partial charge on any atom is -0.394 e. The number of amides is 1. The number of aliphatic hydroxyl groups is 1. The van der Waals surface area contributed by atoms with Gasteiger partial charge in [0.05, 0.1) is 6.61 Å². The first-order valence-corrected chi connectivity index (χ1v) is 5.30. The average molecular weight is 200 g/mol. The van der Waals surface area contributed by atoms with Crippen LogP contribution in [-0.4, -0.2) is 30.2 Å². The minimum atomic E-state index is -0.151. The van der Waals surface area contributed by atoms with Crippen molar-refractivity contribution in [1.82, 2.24) is 5.32 Å². The molecule has 4 nitrogen and oxygen atoms in total. The lowest BCUT2D eigenvalue weighted by molar-refractivity contribution is -0.126. The summed E-state index contributed by atoms with van der Waals surface area (Å²) in [6.45, 7) is 2.38. The number of carbonyl (C=O) groups excluding carboxylic acids is 1. The van der Waals surface area contributed by atoms with Crippen molar-refractivity contribution in [2.75, 3.05) is 13.2 Å². The maximum atomic E-state index is 11.7. The molecule has 0 aromatic carbocycles. The summed E-state index contributed by atoms with van der Waals surface area (Å²) >= 11 is 0. The van der Waals surface area contributed by atoms with E-state index in [1.165, 1.54) is 0 Å². The maximum Gasteiger partial charge on any atom is 0.223 e. The van der Waals surface area contributed by atoms with E-state index in [0.717, 1.165) is 19.3 Å².